The Bertz CT molecular complexity index is 1210. The van der Waals surface area contributed by atoms with Crippen LogP contribution in [0.3, 0.4) is 0 Å². The number of nitrogens with zero attached hydrogens (tertiary/aromatic N) is 1. The predicted molar refractivity (Wildman–Crippen MR) is 141 cm³/mol. The standard InChI is InChI=1S/C31H39NO3/c1-20-17-25-26(31(5,6)16-15-30(25,3)4)19-23(20)18-24-13-14-27(35-24)29(34)32(7)21(2)28(33)22-11-9-8-10-12-22/h8-14,17,19,21,28,33H,15-16,18H2,1-7H3. The average molecular weight is 474 g/mol. The number of likely N-dealkylation sites (N-methyl/N-ethyl adjacent to an activating group) is 1. The lowest BCUT2D eigenvalue weighted by Crippen LogP contribution is -2.38. The molecule has 2 aromatic carbocycles. The minimum Gasteiger partial charge on any atom is -0.456 e. The summed E-state index contributed by atoms with van der Waals surface area (Å²) in [7, 11) is 1.71. The first-order valence-electron chi connectivity index (χ1n) is 12.6. The van der Waals surface area contributed by atoms with Gasteiger partial charge in [0, 0.05) is 13.5 Å². The van der Waals surface area contributed by atoms with Crippen LogP contribution >= 0.6 is 0 Å². The number of aliphatic hydroxyl groups is 1. The fraction of sp³-hybridized carbons (Fsp3) is 0.452. The maximum Gasteiger partial charge on any atom is 0.289 e. The molecule has 3 aromatic rings. The van der Waals surface area contributed by atoms with Gasteiger partial charge in [-0.25, -0.2) is 0 Å². The molecule has 4 rings (SSSR count). The summed E-state index contributed by atoms with van der Waals surface area (Å²) < 4.78 is 6.03. The molecule has 186 valence electrons. The maximum absolute atomic E-state index is 13.1. The second-order valence-electron chi connectivity index (χ2n) is 11.5. The first-order valence-corrected chi connectivity index (χ1v) is 12.6. The molecule has 0 spiro atoms. The SMILES string of the molecule is Cc1cc2c(cc1Cc1ccc(C(=O)N(C)C(C)C(O)c3ccccc3)o1)C(C)(C)CCC2(C)C. The van der Waals surface area contributed by atoms with Crippen LogP contribution in [0.5, 0.6) is 0 Å². The highest BCUT2D eigenvalue weighted by molar-refractivity contribution is 5.91. The number of benzene rings is 2. The Balaban J connectivity index is 1.53. The average Bonchev–Trinajstić information content (AvgIpc) is 3.30. The van der Waals surface area contributed by atoms with E-state index < -0.39 is 12.1 Å². The topological polar surface area (TPSA) is 53.7 Å². The van der Waals surface area contributed by atoms with Gasteiger partial charge in [0.25, 0.3) is 5.91 Å². The van der Waals surface area contributed by atoms with E-state index in [4.69, 9.17) is 4.42 Å². The molecule has 4 heteroatoms. The number of aliphatic hydroxyl groups excluding tert-OH is 1. The number of amides is 1. The smallest absolute Gasteiger partial charge is 0.289 e. The molecule has 0 radical (unpaired) electrons. The van der Waals surface area contributed by atoms with Gasteiger partial charge in [-0.2, -0.15) is 0 Å². The molecular weight excluding hydrogens is 434 g/mol. The summed E-state index contributed by atoms with van der Waals surface area (Å²) >= 11 is 0. The first kappa shape index (κ1) is 25.2. The van der Waals surface area contributed by atoms with E-state index in [0.29, 0.717) is 12.2 Å². The summed E-state index contributed by atoms with van der Waals surface area (Å²) in [4.78, 5) is 14.7. The Morgan fingerprint density at radius 3 is 2.23 bits per heavy atom. The maximum atomic E-state index is 13.1. The molecule has 1 aliphatic carbocycles. The molecule has 1 aliphatic rings. The third-order valence-corrected chi connectivity index (χ3v) is 8.08. The molecule has 4 nitrogen and oxygen atoms in total. The fourth-order valence-electron chi connectivity index (χ4n) is 5.23. The number of carbonyl (C=O) groups excluding carboxylic acids is 1. The lowest BCUT2D eigenvalue weighted by atomic mass is 9.62. The van der Waals surface area contributed by atoms with Crippen LogP contribution in [-0.4, -0.2) is 29.0 Å². The number of furan rings is 1. The first-order chi connectivity index (χ1) is 16.4. The van der Waals surface area contributed by atoms with Crippen molar-refractivity contribution >= 4 is 5.91 Å². The van der Waals surface area contributed by atoms with Crippen molar-refractivity contribution in [2.24, 2.45) is 0 Å². The van der Waals surface area contributed by atoms with Crippen LogP contribution in [0, 0.1) is 6.92 Å². The van der Waals surface area contributed by atoms with Crippen molar-refractivity contribution in [2.75, 3.05) is 7.05 Å². The van der Waals surface area contributed by atoms with E-state index in [1.165, 1.54) is 35.1 Å². The number of hydrogen-bond donors (Lipinski definition) is 1. The summed E-state index contributed by atoms with van der Waals surface area (Å²) in [5.74, 6) is 0.837. The van der Waals surface area contributed by atoms with Gasteiger partial charge in [0.1, 0.15) is 5.76 Å². The van der Waals surface area contributed by atoms with Gasteiger partial charge >= 0.3 is 0 Å². The Morgan fingerprint density at radius 1 is 1.00 bits per heavy atom. The van der Waals surface area contributed by atoms with Crippen molar-refractivity contribution in [1.82, 2.24) is 4.90 Å². The van der Waals surface area contributed by atoms with E-state index in [0.717, 1.165) is 11.3 Å². The van der Waals surface area contributed by atoms with Crippen molar-refractivity contribution in [1.29, 1.82) is 0 Å². The van der Waals surface area contributed by atoms with Crippen molar-refractivity contribution in [2.45, 2.75) is 83.8 Å². The van der Waals surface area contributed by atoms with Crippen LogP contribution in [0.1, 0.15) is 97.7 Å². The third kappa shape index (κ3) is 4.95. The Labute approximate surface area is 210 Å². The van der Waals surface area contributed by atoms with Crippen LogP contribution in [0.15, 0.2) is 59.0 Å². The Hall–Kier alpha value is -2.85. The molecule has 2 unspecified atom stereocenters. The van der Waals surface area contributed by atoms with E-state index in [-0.39, 0.29) is 16.7 Å². The summed E-state index contributed by atoms with van der Waals surface area (Å²) in [5.41, 5.74) is 6.51. The zero-order valence-corrected chi connectivity index (χ0v) is 22.2. The Morgan fingerprint density at radius 2 is 1.60 bits per heavy atom. The van der Waals surface area contributed by atoms with Gasteiger partial charge in [-0.3, -0.25) is 4.79 Å². The highest BCUT2D eigenvalue weighted by Gasteiger charge is 2.37. The third-order valence-electron chi connectivity index (χ3n) is 8.08. The van der Waals surface area contributed by atoms with Gasteiger partial charge in [0.05, 0.1) is 12.1 Å². The number of fused-ring (bicyclic) bond motifs is 1. The highest BCUT2D eigenvalue weighted by atomic mass is 16.4. The molecule has 0 bridgehead atoms. The van der Waals surface area contributed by atoms with Crippen LogP contribution in [0.2, 0.25) is 0 Å². The molecule has 1 heterocycles. The van der Waals surface area contributed by atoms with Crippen molar-refractivity contribution in [3.63, 3.8) is 0 Å². The second kappa shape index (κ2) is 9.31. The van der Waals surface area contributed by atoms with Crippen LogP contribution in [0.4, 0.5) is 0 Å². The molecule has 0 saturated heterocycles. The molecule has 0 aliphatic heterocycles. The number of hydrogen-bond acceptors (Lipinski definition) is 3. The molecule has 0 saturated carbocycles. The van der Waals surface area contributed by atoms with Gasteiger partial charge in [-0.15, -0.1) is 0 Å². The minimum absolute atomic E-state index is 0.149. The predicted octanol–water partition coefficient (Wildman–Crippen LogP) is 6.72. The molecular formula is C31H39NO3. The van der Waals surface area contributed by atoms with E-state index >= 15 is 0 Å². The molecule has 0 fully saturated rings. The van der Waals surface area contributed by atoms with E-state index in [1.807, 2.05) is 43.3 Å². The van der Waals surface area contributed by atoms with E-state index in [9.17, 15) is 9.90 Å². The molecule has 2 atom stereocenters. The monoisotopic (exact) mass is 473 g/mol. The number of rotatable bonds is 6. The molecule has 1 N–H and O–H groups in total. The summed E-state index contributed by atoms with van der Waals surface area (Å²) in [6.45, 7) is 13.4. The van der Waals surface area contributed by atoms with Crippen molar-refractivity contribution < 1.29 is 14.3 Å². The number of aryl methyl sites for hydroxylation is 1. The highest BCUT2D eigenvalue weighted by Crippen LogP contribution is 2.46. The zero-order chi connectivity index (χ0) is 25.5. The molecule has 1 amide bonds. The normalized spacial score (nSPS) is 17.9. The number of carbonyl (C=O) groups is 1. The van der Waals surface area contributed by atoms with Gasteiger partial charge in [0.15, 0.2) is 5.76 Å². The van der Waals surface area contributed by atoms with E-state index in [1.54, 1.807) is 18.0 Å². The second-order valence-corrected chi connectivity index (χ2v) is 11.5. The van der Waals surface area contributed by atoms with Gasteiger partial charge in [-0.05, 0) is 77.5 Å². The van der Waals surface area contributed by atoms with Crippen LogP contribution < -0.4 is 0 Å². The summed E-state index contributed by atoms with van der Waals surface area (Å²) in [6, 6.07) is 17.4. The quantitative estimate of drug-likeness (QED) is 0.432. The summed E-state index contributed by atoms with van der Waals surface area (Å²) in [6.07, 6.45) is 2.24. The molecule has 1 aromatic heterocycles. The molecule has 35 heavy (non-hydrogen) atoms. The lowest BCUT2D eigenvalue weighted by molar-refractivity contribution is 0.0460. The Kier molecular flexibility index (Phi) is 6.72. The fourth-order valence-corrected chi connectivity index (χ4v) is 5.23. The van der Waals surface area contributed by atoms with E-state index in [2.05, 4.69) is 46.8 Å². The van der Waals surface area contributed by atoms with Gasteiger partial charge < -0.3 is 14.4 Å². The van der Waals surface area contributed by atoms with Crippen molar-refractivity contribution in [3.8, 4) is 0 Å². The zero-order valence-electron chi connectivity index (χ0n) is 22.2. The van der Waals surface area contributed by atoms with Crippen LogP contribution in [-0.2, 0) is 17.3 Å². The lowest BCUT2D eigenvalue weighted by Gasteiger charge is -2.42. The van der Waals surface area contributed by atoms with Crippen molar-refractivity contribution in [3.05, 3.63) is 93.9 Å². The van der Waals surface area contributed by atoms with Gasteiger partial charge in [0.2, 0.25) is 0 Å². The minimum atomic E-state index is -0.773. The van der Waals surface area contributed by atoms with Gasteiger partial charge in [-0.1, -0.05) is 70.2 Å². The summed E-state index contributed by atoms with van der Waals surface area (Å²) in [5, 5.41) is 10.7. The van der Waals surface area contributed by atoms with Crippen LogP contribution in [0.25, 0.3) is 0 Å². The largest absolute Gasteiger partial charge is 0.456 e.